The van der Waals surface area contributed by atoms with Crippen LogP contribution in [-0.2, 0) is 4.74 Å². The standard InChI is InChI=1S/C24H32N6O2/c1-2-32-24-13-17(14-27-29-24)16-6-7-20(22(31)12-16)21(25)8-9-23(26)30-11-10-19(15-30)28-18-4-3-5-18/h6-9,12-14,18-19,25-29,31H,2-5,10-11,15H2,1H3. The summed E-state index contributed by atoms with van der Waals surface area (Å²) in [6.07, 6.45) is 11.8. The Morgan fingerprint density at radius 3 is 2.81 bits per heavy atom. The van der Waals surface area contributed by atoms with E-state index in [1.54, 1.807) is 30.5 Å². The second-order valence-electron chi connectivity index (χ2n) is 8.40. The summed E-state index contributed by atoms with van der Waals surface area (Å²) in [5.41, 5.74) is 8.11. The lowest BCUT2D eigenvalue weighted by Gasteiger charge is -2.30. The Kier molecular flexibility index (Phi) is 6.80. The number of phenols is 1. The van der Waals surface area contributed by atoms with Crippen LogP contribution < -0.4 is 16.2 Å². The number of likely N-dealkylation sites (tertiary alicyclic amines) is 1. The Balaban J connectivity index is 1.35. The SMILES string of the molecule is CCOC1=CC(c2ccc(C(=N)C=CC(=N)N3CCC(NC4CCC4)C3)c(O)c2)=CNN1. The van der Waals surface area contributed by atoms with Crippen LogP contribution in [0.5, 0.6) is 5.75 Å². The molecule has 1 aliphatic carbocycles. The molecule has 170 valence electrons. The fourth-order valence-electron chi connectivity index (χ4n) is 4.12. The van der Waals surface area contributed by atoms with Crippen LogP contribution in [0.15, 0.2) is 48.5 Å². The largest absolute Gasteiger partial charge is 0.507 e. The van der Waals surface area contributed by atoms with E-state index in [2.05, 4.69) is 16.2 Å². The maximum Gasteiger partial charge on any atom is 0.206 e. The number of hydrazine groups is 1. The number of benzene rings is 1. The van der Waals surface area contributed by atoms with Crippen molar-refractivity contribution in [2.75, 3.05) is 19.7 Å². The predicted molar refractivity (Wildman–Crippen MR) is 127 cm³/mol. The minimum absolute atomic E-state index is 0.0282. The Bertz CT molecular complexity index is 963. The van der Waals surface area contributed by atoms with Crippen LogP contribution in [0.2, 0.25) is 0 Å². The molecule has 4 rings (SSSR count). The zero-order chi connectivity index (χ0) is 22.5. The van der Waals surface area contributed by atoms with Crippen molar-refractivity contribution < 1.29 is 9.84 Å². The summed E-state index contributed by atoms with van der Waals surface area (Å²) in [6.45, 7) is 4.15. The van der Waals surface area contributed by atoms with Crippen LogP contribution in [0.25, 0.3) is 5.57 Å². The molecule has 8 nitrogen and oxygen atoms in total. The number of rotatable bonds is 8. The van der Waals surface area contributed by atoms with Gasteiger partial charge in [-0.25, -0.2) is 0 Å². The molecule has 6 N–H and O–H groups in total. The van der Waals surface area contributed by atoms with Gasteiger partial charge in [-0.15, -0.1) is 0 Å². The van der Waals surface area contributed by atoms with Gasteiger partial charge in [-0.1, -0.05) is 12.5 Å². The third kappa shape index (κ3) is 5.13. The summed E-state index contributed by atoms with van der Waals surface area (Å²) in [7, 11) is 0. The molecule has 1 aromatic carbocycles. The van der Waals surface area contributed by atoms with E-state index < -0.39 is 0 Å². The topological polar surface area (TPSA) is 116 Å². The molecule has 0 bridgehead atoms. The minimum Gasteiger partial charge on any atom is -0.507 e. The zero-order valence-electron chi connectivity index (χ0n) is 18.4. The molecular weight excluding hydrogens is 404 g/mol. The van der Waals surface area contributed by atoms with E-state index in [0.29, 0.717) is 36.0 Å². The fourth-order valence-corrected chi connectivity index (χ4v) is 4.12. The first-order valence-corrected chi connectivity index (χ1v) is 11.3. The van der Waals surface area contributed by atoms with Crippen molar-refractivity contribution in [3.8, 4) is 5.75 Å². The first-order valence-electron chi connectivity index (χ1n) is 11.3. The Hall–Kier alpha value is -3.26. The summed E-state index contributed by atoms with van der Waals surface area (Å²) in [5, 5.41) is 30.9. The molecular formula is C24H32N6O2. The predicted octanol–water partition coefficient (Wildman–Crippen LogP) is 2.84. The van der Waals surface area contributed by atoms with Gasteiger partial charge in [0.05, 0.1) is 12.3 Å². The van der Waals surface area contributed by atoms with E-state index in [-0.39, 0.29) is 11.5 Å². The lowest BCUT2D eigenvalue weighted by molar-refractivity contribution is 0.199. The lowest BCUT2D eigenvalue weighted by Crippen LogP contribution is -2.44. The number of aromatic hydroxyl groups is 1. The van der Waals surface area contributed by atoms with E-state index in [0.717, 1.165) is 30.6 Å². The van der Waals surface area contributed by atoms with Crippen molar-refractivity contribution in [2.45, 2.75) is 44.7 Å². The first kappa shape index (κ1) is 22.0. The third-order valence-electron chi connectivity index (χ3n) is 6.14. The highest BCUT2D eigenvalue weighted by atomic mass is 16.5. The minimum atomic E-state index is 0.0282. The fraction of sp³-hybridized carbons (Fsp3) is 0.417. The summed E-state index contributed by atoms with van der Waals surface area (Å²) < 4.78 is 5.47. The van der Waals surface area contributed by atoms with Gasteiger partial charge in [0.15, 0.2) is 0 Å². The maximum absolute atomic E-state index is 10.5. The number of amidine groups is 1. The molecule has 8 heteroatoms. The molecule has 32 heavy (non-hydrogen) atoms. The molecule has 1 atom stereocenters. The molecule has 1 aromatic rings. The number of nitrogens with one attached hydrogen (secondary N) is 5. The van der Waals surface area contributed by atoms with Crippen LogP contribution >= 0.6 is 0 Å². The van der Waals surface area contributed by atoms with Gasteiger partial charge in [0.2, 0.25) is 5.88 Å². The molecule has 2 fully saturated rings. The number of nitrogens with zero attached hydrogens (tertiary/aromatic N) is 1. The molecule has 0 aromatic heterocycles. The molecule has 2 aliphatic heterocycles. The van der Waals surface area contributed by atoms with Gasteiger partial charge in [0.1, 0.15) is 11.6 Å². The normalized spacial score (nSPS) is 20.8. The molecule has 0 radical (unpaired) electrons. The van der Waals surface area contributed by atoms with Gasteiger partial charge in [-0.2, -0.15) is 0 Å². The highest BCUT2D eigenvalue weighted by Gasteiger charge is 2.27. The smallest absolute Gasteiger partial charge is 0.206 e. The van der Waals surface area contributed by atoms with Gasteiger partial charge in [-0.05, 0) is 56.0 Å². The maximum atomic E-state index is 10.5. The van der Waals surface area contributed by atoms with Crippen LogP contribution in [0.4, 0.5) is 0 Å². The quantitative estimate of drug-likeness (QED) is 0.276. The van der Waals surface area contributed by atoms with E-state index in [1.807, 2.05) is 24.0 Å². The number of hydrogen-bond acceptors (Lipinski definition) is 7. The zero-order valence-corrected chi connectivity index (χ0v) is 18.4. The average Bonchev–Trinajstić information content (AvgIpc) is 3.24. The number of allylic oxidation sites excluding steroid dienone is 3. The number of ether oxygens (including phenoxy) is 1. The van der Waals surface area contributed by atoms with Crippen molar-refractivity contribution in [3.05, 3.63) is 59.6 Å². The monoisotopic (exact) mass is 436 g/mol. The Morgan fingerprint density at radius 2 is 2.09 bits per heavy atom. The highest BCUT2D eigenvalue weighted by molar-refractivity contribution is 6.11. The van der Waals surface area contributed by atoms with Gasteiger partial charge >= 0.3 is 0 Å². The molecule has 0 spiro atoms. The van der Waals surface area contributed by atoms with Crippen molar-refractivity contribution in [1.82, 2.24) is 21.1 Å². The van der Waals surface area contributed by atoms with Gasteiger partial charge < -0.3 is 30.9 Å². The second kappa shape index (κ2) is 9.91. The van der Waals surface area contributed by atoms with Crippen molar-refractivity contribution in [1.29, 1.82) is 10.8 Å². The van der Waals surface area contributed by atoms with Crippen LogP contribution in [0.3, 0.4) is 0 Å². The van der Waals surface area contributed by atoms with Gasteiger partial charge in [0, 0.05) is 48.6 Å². The van der Waals surface area contributed by atoms with E-state index in [1.165, 1.54) is 19.3 Å². The van der Waals surface area contributed by atoms with Crippen LogP contribution in [0, 0.1) is 10.8 Å². The molecule has 3 aliphatic rings. The Morgan fingerprint density at radius 1 is 1.25 bits per heavy atom. The summed E-state index contributed by atoms with van der Waals surface area (Å²) in [6, 6.07) is 6.33. The molecule has 2 heterocycles. The number of hydrogen-bond donors (Lipinski definition) is 6. The van der Waals surface area contributed by atoms with Crippen molar-refractivity contribution in [2.24, 2.45) is 0 Å². The van der Waals surface area contributed by atoms with Crippen molar-refractivity contribution >= 4 is 17.1 Å². The summed E-state index contributed by atoms with van der Waals surface area (Å²) in [5.74, 6) is 1.04. The Labute approximate surface area is 189 Å². The molecule has 0 amide bonds. The number of phenolic OH excluding ortho intramolecular Hbond substituents is 1. The van der Waals surface area contributed by atoms with Crippen LogP contribution in [0.1, 0.15) is 43.7 Å². The summed E-state index contributed by atoms with van der Waals surface area (Å²) >= 11 is 0. The highest BCUT2D eigenvalue weighted by Crippen LogP contribution is 2.26. The van der Waals surface area contributed by atoms with Crippen molar-refractivity contribution in [3.63, 3.8) is 0 Å². The van der Waals surface area contributed by atoms with Crippen LogP contribution in [-0.4, -0.2) is 53.3 Å². The molecule has 1 saturated carbocycles. The third-order valence-corrected chi connectivity index (χ3v) is 6.14. The van der Waals surface area contributed by atoms with Gasteiger partial charge in [-0.3, -0.25) is 10.8 Å². The molecule has 1 unspecified atom stereocenters. The molecule has 1 saturated heterocycles. The second-order valence-corrected chi connectivity index (χ2v) is 8.40. The van der Waals surface area contributed by atoms with Gasteiger partial charge in [0.25, 0.3) is 0 Å². The lowest BCUT2D eigenvalue weighted by atomic mass is 9.92. The average molecular weight is 437 g/mol. The van der Waals surface area contributed by atoms with E-state index in [9.17, 15) is 5.11 Å². The first-order chi connectivity index (χ1) is 15.5. The van der Waals surface area contributed by atoms with E-state index in [4.69, 9.17) is 15.6 Å². The summed E-state index contributed by atoms with van der Waals surface area (Å²) in [4.78, 5) is 2.04. The van der Waals surface area contributed by atoms with E-state index >= 15 is 0 Å².